The van der Waals surface area contributed by atoms with Crippen molar-refractivity contribution >= 4 is 0 Å². The van der Waals surface area contributed by atoms with E-state index < -0.39 is 0 Å². The molecule has 0 heterocycles. The second-order valence-electron chi connectivity index (χ2n) is 5.59. The highest BCUT2D eigenvalue weighted by molar-refractivity contribution is 5.32. The van der Waals surface area contributed by atoms with Crippen LogP contribution in [0.5, 0.6) is 0 Å². The third kappa shape index (κ3) is 5.31. The van der Waals surface area contributed by atoms with Crippen LogP contribution in [0.1, 0.15) is 44.9 Å². The van der Waals surface area contributed by atoms with E-state index in [0.717, 1.165) is 13.1 Å². The molecule has 0 aliphatic rings. The largest absolute Gasteiger partial charge is 0.311 e. The van der Waals surface area contributed by atoms with Gasteiger partial charge in [-0.25, -0.2) is 0 Å². The molecule has 0 amide bonds. The van der Waals surface area contributed by atoms with Gasteiger partial charge in [0.1, 0.15) is 0 Å². The maximum atomic E-state index is 8.74. The molecule has 2 N–H and O–H groups in total. The first-order valence-electron chi connectivity index (χ1n) is 6.41. The molecule has 98 valence electrons. The van der Waals surface area contributed by atoms with Gasteiger partial charge in [0.15, 0.2) is 0 Å². The number of benzene rings is 1. The maximum Gasteiger partial charge on any atom is 0.0991 e. The Bertz CT molecular complexity index is 395. The van der Waals surface area contributed by atoms with Crippen molar-refractivity contribution in [2.24, 2.45) is 0 Å². The molecule has 0 fully saturated rings. The third-order valence-electron chi connectivity index (χ3n) is 2.77. The molecule has 0 aromatic heterocycles. The van der Waals surface area contributed by atoms with Gasteiger partial charge in [-0.2, -0.15) is 5.26 Å². The average molecular weight is 245 g/mol. The molecule has 1 aromatic carbocycles. The lowest BCUT2D eigenvalue weighted by molar-refractivity contribution is 0.414. The van der Waals surface area contributed by atoms with E-state index in [4.69, 9.17) is 5.26 Å². The van der Waals surface area contributed by atoms with Gasteiger partial charge in [0.25, 0.3) is 0 Å². The Morgan fingerprint density at radius 1 is 1.17 bits per heavy atom. The van der Waals surface area contributed by atoms with Crippen LogP contribution in [0.4, 0.5) is 0 Å². The molecule has 3 nitrogen and oxygen atoms in total. The lowest BCUT2D eigenvalue weighted by Gasteiger charge is -2.22. The van der Waals surface area contributed by atoms with Crippen molar-refractivity contribution in [1.29, 1.82) is 5.26 Å². The summed E-state index contributed by atoms with van der Waals surface area (Å²) < 4.78 is 0. The molecule has 1 unspecified atom stereocenters. The predicted octanol–water partition coefficient (Wildman–Crippen LogP) is 2.60. The SMILES string of the molecule is CC(NCCNC(C)(C)C)c1ccc(C#N)cc1. The Balaban J connectivity index is 2.36. The summed E-state index contributed by atoms with van der Waals surface area (Å²) in [5.74, 6) is 0. The van der Waals surface area contributed by atoms with Crippen molar-refractivity contribution in [3.63, 3.8) is 0 Å². The molecule has 1 rings (SSSR count). The Morgan fingerprint density at radius 3 is 2.28 bits per heavy atom. The second-order valence-corrected chi connectivity index (χ2v) is 5.59. The molecule has 0 spiro atoms. The summed E-state index contributed by atoms with van der Waals surface area (Å²) in [6.07, 6.45) is 0. The van der Waals surface area contributed by atoms with E-state index in [-0.39, 0.29) is 5.54 Å². The number of nitriles is 1. The van der Waals surface area contributed by atoms with Crippen LogP contribution in [0.3, 0.4) is 0 Å². The van der Waals surface area contributed by atoms with Gasteiger partial charge in [0, 0.05) is 24.7 Å². The number of hydrogen-bond donors (Lipinski definition) is 2. The zero-order valence-electron chi connectivity index (χ0n) is 11.7. The molecule has 18 heavy (non-hydrogen) atoms. The van der Waals surface area contributed by atoms with Crippen LogP contribution in [-0.2, 0) is 0 Å². The molecule has 3 heteroatoms. The fraction of sp³-hybridized carbons (Fsp3) is 0.533. The van der Waals surface area contributed by atoms with E-state index in [1.165, 1.54) is 5.56 Å². The topological polar surface area (TPSA) is 47.8 Å². The maximum absolute atomic E-state index is 8.74. The van der Waals surface area contributed by atoms with E-state index in [1.54, 1.807) is 0 Å². The molecule has 0 aliphatic carbocycles. The molecule has 0 bridgehead atoms. The van der Waals surface area contributed by atoms with Crippen molar-refractivity contribution in [1.82, 2.24) is 10.6 Å². The molecule has 1 atom stereocenters. The van der Waals surface area contributed by atoms with Crippen molar-refractivity contribution in [3.8, 4) is 6.07 Å². The molecule has 0 radical (unpaired) electrons. The van der Waals surface area contributed by atoms with Crippen LogP contribution in [0, 0.1) is 11.3 Å². The van der Waals surface area contributed by atoms with Crippen LogP contribution in [0.2, 0.25) is 0 Å². The highest BCUT2D eigenvalue weighted by atomic mass is 15.0. The Morgan fingerprint density at radius 2 is 1.78 bits per heavy atom. The van der Waals surface area contributed by atoms with Crippen molar-refractivity contribution in [3.05, 3.63) is 35.4 Å². The Labute approximate surface area is 110 Å². The minimum atomic E-state index is 0.166. The second kappa shape index (κ2) is 6.53. The standard InChI is InChI=1S/C15H23N3/c1-12(17-9-10-18-15(2,3)4)14-7-5-13(11-16)6-8-14/h5-8,12,17-18H,9-10H2,1-4H3. The van der Waals surface area contributed by atoms with Crippen molar-refractivity contribution in [2.75, 3.05) is 13.1 Å². The summed E-state index contributed by atoms with van der Waals surface area (Å²) in [6.45, 7) is 10.5. The van der Waals surface area contributed by atoms with E-state index >= 15 is 0 Å². The number of rotatable bonds is 5. The minimum Gasteiger partial charge on any atom is -0.311 e. The van der Waals surface area contributed by atoms with Gasteiger partial charge in [-0.1, -0.05) is 12.1 Å². The predicted molar refractivity (Wildman–Crippen MR) is 75.3 cm³/mol. The summed E-state index contributed by atoms with van der Waals surface area (Å²) in [5, 5.41) is 15.6. The highest BCUT2D eigenvalue weighted by Crippen LogP contribution is 2.12. The summed E-state index contributed by atoms with van der Waals surface area (Å²) >= 11 is 0. The van der Waals surface area contributed by atoms with E-state index in [2.05, 4.69) is 44.4 Å². The molecule has 0 aliphatic heterocycles. The zero-order valence-corrected chi connectivity index (χ0v) is 11.7. The molecular weight excluding hydrogens is 222 g/mol. The number of nitrogens with zero attached hydrogens (tertiary/aromatic N) is 1. The third-order valence-corrected chi connectivity index (χ3v) is 2.77. The zero-order chi connectivity index (χ0) is 13.6. The van der Waals surface area contributed by atoms with Gasteiger partial charge >= 0.3 is 0 Å². The van der Waals surface area contributed by atoms with Gasteiger partial charge in [0.05, 0.1) is 11.6 Å². The van der Waals surface area contributed by atoms with Crippen molar-refractivity contribution < 1.29 is 0 Å². The first kappa shape index (κ1) is 14.7. The smallest absolute Gasteiger partial charge is 0.0991 e. The number of hydrogen-bond acceptors (Lipinski definition) is 3. The minimum absolute atomic E-state index is 0.166. The first-order valence-corrected chi connectivity index (χ1v) is 6.41. The molecule has 1 aromatic rings. The van der Waals surface area contributed by atoms with Crippen molar-refractivity contribution in [2.45, 2.75) is 39.3 Å². The monoisotopic (exact) mass is 245 g/mol. The van der Waals surface area contributed by atoms with Gasteiger partial charge in [-0.05, 0) is 45.4 Å². The average Bonchev–Trinajstić information content (AvgIpc) is 2.33. The van der Waals surface area contributed by atoms with Crippen LogP contribution < -0.4 is 10.6 Å². The summed E-state index contributed by atoms with van der Waals surface area (Å²) in [7, 11) is 0. The van der Waals surface area contributed by atoms with E-state index in [0.29, 0.717) is 11.6 Å². The van der Waals surface area contributed by atoms with Gasteiger partial charge in [-0.3, -0.25) is 0 Å². The van der Waals surface area contributed by atoms with E-state index in [9.17, 15) is 0 Å². The first-order chi connectivity index (χ1) is 8.42. The van der Waals surface area contributed by atoms with Gasteiger partial charge in [-0.15, -0.1) is 0 Å². The molecule has 0 saturated heterocycles. The van der Waals surface area contributed by atoms with Crippen LogP contribution in [0.15, 0.2) is 24.3 Å². The quantitative estimate of drug-likeness (QED) is 0.784. The summed E-state index contributed by atoms with van der Waals surface area (Å²) in [6, 6.07) is 10.2. The lowest BCUT2D eigenvalue weighted by atomic mass is 10.1. The van der Waals surface area contributed by atoms with Crippen LogP contribution in [0.25, 0.3) is 0 Å². The molecule has 0 saturated carbocycles. The summed E-state index contributed by atoms with van der Waals surface area (Å²) in [4.78, 5) is 0. The lowest BCUT2D eigenvalue weighted by Crippen LogP contribution is -2.40. The Hall–Kier alpha value is -1.37. The van der Waals surface area contributed by atoms with Gasteiger partial charge in [0.2, 0.25) is 0 Å². The fourth-order valence-electron chi connectivity index (χ4n) is 1.69. The number of nitrogens with one attached hydrogen (secondary N) is 2. The molecular formula is C15H23N3. The Kier molecular flexibility index (Phi) is 5.33. The fourth-order valence-corrected chi connectivity index (χ4v) is 1.69. The highest BCUT2D eigenvalue weighted by Gasteiger charge is 2.08. The summed E-state index contributed by atoms with van der Waals surface area (Å²) in [5.41, 5.74) is 2.09. The van der Waals surface area contributed by atoms with Crippen LogP contribution >= 0.6 is 0 Å². The van der Waals surface area contributed by atoms with Crippen LogP contribution in [-0.4, -0.2) is 18.6 Å². The van der Waals surface area contributed by atoms with Gasteiger partial charge < -0.3 is 10.6 Å². The normalized spacial score (nSPS) is 13.1. The van der Waals surface area contributed by atoms with E-state index in [1.807, 2.05) is 24.3 Å².